The van der Waals surface area contributed by atoms with Crippen molar-refractivity contribution >= 4 is 17.8 Å². The molecule has 0 aromatic rings. The van der Waals surface area contributed by atoms with Crippen LogP contribution >= 0.6 is 0 Å². The highest BCUT2D eigenvalue weighted by atomic mass is 16.2. The number of nitrogens with zero attached hydrogens (tertiary/aromatic N) is 3. The van der Waals surface area contributed by atoms with Gasteiger partial charge in [-0.25, -0.2) is 4.79 Å². The molecule has 1 fully saturated rings. The third-order valence-electron chi connectivity index (χ3n) is 3.16. The van der Waals surface area contributed by atoms with Crippen molar-refractivity contribution in [3.63, 3.8) is 0 Å². The van der Waals surface area contributed by atoms with Gasteiger partial charge in [-0.05, 0) is 12.8 Å². The van der Waals surface area contributed by atoms with E-state index < -0.39 is 0 Å². The van der Waals surface area contributed by atoms with E-state index in [-0.39, 0.29) is 30.2 Å². The SMILES string of the molecule is CN1C(=O)N=C(N)C1CC(=O)N1CCCC1. The Morgan fingerprint density at radius 2 is 2.12 bits per heavy atom. The summed E-state index contributed by atoms with van der Waals surface area (Å²) in [6.07, 6.45) is 2.38. The predicted octanol–water partition coefficient (Wildman–Crippen LogP) is -0.210. The van der Waals surface area contributed by atoms with Crippen LogP contribution < -0.4 is 5.73 Å². The number of hydrogen-bond acceptors (Lipinski definition) is 3. The van der Waals surface area contributed by atoms with Crippen LogP contribution in [0.5, 0.6) is 0 Å². The lowest BCUT2D eigenvalue weighted by atomic mass is 10.1. The normalized spacial score (nSPS) is 25.2. The minimum absolute atomic E-state index is 0.0576. The zero-order chi connectivity index (χ0) is 11.7. The van der Waals surface area contributed by atoms with E-state index in [1.807, 2.05) is 4.90 Å². The first-order valence-electron chi connectivity index (χ1n) is 5.48. The Balaban J connectivity index is 1.97. The van der Waals surface area contributed by atoms with Gasteiger partial charge in [-0.2, -0.15) is 4.99 Å². The van der Waals surface area contributed by atoms with Crippen LogP contribution in [0.15, 0.2) is 4.99 Å². The Labute approximate surface area is 94.1 Å². The molecule has 1 saturated heterocycles. The Hall–Kier alpha value is -1.59. The molecule has 2 aliphatic rings. The Morgan fingerprint density at radius 3 is 2.62 bits per heavy atom. The van der Waals surface area contributed by atoms with Gasteiger partial charge in [0.15, 0.2) is 0 Å². The number of nitrogens with two attached hydrogens (primary N) is 1. The molecule has 2 N–H and O–H groups in total. The van der Waals surface area contributed by atoms with Gasteiger partial charge in [0.05, 0.1) is 12.5 Å². The van der Waals surface area contributed by atoms with Gasteiger partial charge in [0, 0.05) is 20.1 Å². The largest absolute Gasteiger partial charge is 0.385 e. The van der Waals surface area contributed by atoms with Crippen LogP contribution in [0.25, 0.3) is 0 Å². The number of likely N-dealkylation sites (N-methyl/N-ethyl adjacent to an activating group) is 1. The van der Waals surface area contributed by atoms with E-state index in [1.165, 1.54) is 4.90 Å². The monoisotopic (exact) mass is 224 g/mol. The summed E-state index contributed by atoms with van der Waals surface area (Å²) in [6.45, 7) is 1.64. The molecule has 0 bridgehead atoms. The number of likely N-dealkylation sites (tertiary alicyclic amines) is 1. The lowest BCUT2D eigenvalue weighted by Crippen LogP contribution is -2.42. The van der Waals surface area contributed by atoms with E-state index in [1.54, 1.807) is 7.05 Å². The smallest absolute Gasteiger partial charge is 0.345 e. The van der Waals surface area contributed by atoms with Gasteiger partial charge in [-0.3, -0.25) is 4.79 Å². The van der Waals surface area contributed by atoms with E-state index >= 15 is 0 Å². The molecule has 2 rings (SSSR count). The lowest BCUT2D eigenvalue weighted by molar-refractivity contribution is -0.130. The lowest BCUT2D eigenvalue weighted by Gasteiger charge is -2.22. The highest BCUT2D eigenvalue weighted by Crippen LogP contribution is 2.15. The van der Waals surface area contributed by atoms with Crippen LogP contribution in [0.3, 0.4) is 0 Å². The molecule has 1 atom stereocenters. The van der Waals surface area contributed by atoms with Crippen LogP contribution in [0.4, 0.5) is 4.79 Å². The van der Waals surface area contributed by atoms with Gasteiger partial charge in [-0.15, -0.1) is 0 Å². The maximum atomic E-state index is 11.9. The molecule has 0 saturated carbocycles. The fourth-order valence-electron chi connectivity index (χ4n) is 2.10. The molecule has 1 unspecified atom stereocenters. The number of urea groups is 1. The summed E-state index contributed by atoms with van der Waals surface area (Å²) in [4.78, 5) is 30.0. The highest BCUT2D eigenvalue weighted by Gasteiger charge is 2.33. The molecule has 16 heavy (non-hydrogen) atoms. The summed E-state index contributed by atoms with van der Waals surface area (Å²) in [5.74, 6) is 0.308. The fourth-order valence-corrected chi connectivity index (χ4v) is 2.10. The number of rotatable bonds is 2. The molecule has 6 nitrogen and oxygen atoms in total. The number of amidine groups is 1. The maximum Gasteiger partial charge on any atom is 0.345 e. The number of aliphatic imine (C=N–C) groups is 1. The number of carbonyl (C=O) groups excluding carboxylic acids is 2. The fraction of sp³-hybridized carbons (Fsp3) is 0.700. The summed E-state index contributed by atoms with van der Waals surface area (Å²) in [5, 5.41) is 0. The van der Waals surface area contributed by atoms with Crippen molar-refractivity contribution in [2.45, 2.75) is 25.3 Å². The van der Waals surface area contributed by atoms with Crippen molar-refractivity contribution in [2.24, 2.45) is 10.7 Å². The summed E-state index contributed by atoms with van der Waals surface area (Å²) in [7, 11) is 1.62. The third kappa shape index (κ3) is 1.87. The molecule has 0 aromatic heterocycles. The molecule has 0 radical (unpaired) electrons. The maximum absolute atomic E-state index is 11.9. The molecule has 3 amide bonds. The van der Waals surface area contributed by atoms with Crippen LogP contribution in [0.2, 0.25) is 0 Å². The van der Waals surface area contributed by atoms with Crippen molar-refractivity contribution in [3.05, 3.63) is 0 Å². The summed E-state index contributed by atoms with van der Waals surface area (Å²) < 4.78 is 0. The average Bonchev–Trinajstić information content (AvgIpc) is 2.83. The van der Waals surface area contributed by atoms with Crippen molar-refractivity contribution in [2.75, 3.05) is 20.1 Å². The molecule has 2 heterocycles. The minimum atomic E-state index is -0.364. The van der Waals surface area contributed by atoms with E-state index in [0.29, 0.717) is 0 Å². The first-order chi connectivity index (χ1) is 7.59. The molecular formula is C10H16N4O2. The van der Waals surface area contributed by atoms with Crippen LogP contribution in [-0.2, 0) is 4.79 Å². The number of carbonyl (C=O) groups is 2. The second-order valence-corrected chi connectivity index (χ2v) is 4.24. The van der Waals surface area contributed by atoms with Crippen LogP contribution in [0.1, 0.15) is 19.3 Å². The zero-order valence-corrected chi connectivity index (χ0v) is 9.35. The molecule has 0 aliphatic carbocycles. The van der Waals surface area contributed by atoms with Crippen molar-refractivity contribution in [3.8, 4) is 0 Å². The van der Waals surface area contributed by atoms with E-state index in [0.717, 1.165) is 25.9 Å². The van der Waals surface area contributed by atoms with Gasteiger partial charge < -0.3 is 15.5 Å². The van der Waals surface area contributed by atoms with Crippen molar-refractivity contribution < 1.29 is 9.59 Å². The highest BCUT2D eigenvalue weighted by molar-refractivity contribution is 6.04. The molecular weight excluding hydrogens is 208 g/mol. The standard InChI is InChI=1S/C10H16N4O2/c1-13-7(9(11)12-10(13)16)6-8(15)14-4-2-3-5-14/h7H,2-6H2,1H3,(H2,11,12,16). The number of hydrogen-bond donors (Lipinski definition) is 1. The summed E-state index contributed by atoms with van der Waals surface area (Å²) >= 11 is 0. The topological polar surface area (TPSA) is 79.0 Å². The van der Waals surface area contributed by atoms with Gasteiger partial charge in [0.25, 0.3) is 0 Å². The van der Waals surface area contributed by atoms with E-state index in [4.69, 9.17) is 5.73 Å². The van der Waals surface area contributed by atoms with Crippen molar-refractivity contribution in [1.29, 1.82) is 0 Å². The predicted molar refractivity (Wildman–Crippen MR) is 59.0 cm³/mol. The quantitative estimate of drug-likeness (QED) is 0.705. The van der Waals surface area contributed by atoms with Gasteiger partial charge in [0.1, 0.15) is 5.84 Å². The molecule has 6 heteroatoms. The third-order valence-corrected chi connectivity index (χ3v) is 3.16. The Bertz CT molecular complexity index is 347. The molecule has 2 aliphatic heterocycles. The second-order valence-electron chi connectivity index (χ2n) is 4.24. The van der Waals surface area contributed by atoms with Crippen molar-refractivity contribution in [1.82, 2.24) is 9.80 Å². The summed E-state index contributed by atoms with van der Waals surface area (Å²) in [5.41, 5.74) is 5.62. The molecule has 0 aromatic carbocycles. The molecule has 88 valence electrons. The van der Waals surface area contributed by atoms with E-state index in [2.05, 4.69) is 4.99 Å². The van der Waals surface area contributed by atoms with Gasteiger partial charge in [0.2, 0.25) is 5.91 Å². The van der Waals surface area contributed by atoms with Gasteiger partial charge >= 0.3 is 6.03 Å². The first-order valence-corrected chi connectivity index (χ1v) is 5.48. The first kappa shape index (κ1) is 10.9. The second kappa shape index (κ2) is 4.11. The summed E-state index contributed by atoms with van der Waals surface area (Å²) in [6, 6.07) is -0.725. The van der Waals surface area contributed by atoms with E-state index in [9.17, 15) is 9.59 Å². The number of amides is 3. The average molecular weight is 224 g/mol. The van der Waals surface area contributed by atoms with Crippen LogP contribution in [-0.4, -0.2) is 53.8 Å². The molecule has 0 spiro atoms. The Kier molecular flexibility index (Phi) is 2.80. The zero-order valence-electron chi connectivity index (χ0n) is 9.35. The Morgan fingerprint density at radius 1 is 1.50 bits per heavy atom. The van der Waals surface area contributed by atoms with Gasteiger partial charge in [-0.1, -0.05) is 0 Å². The van der Waals surface area contributed by atoms with Crippen LogP contribution in [0, 0.1) is 0 Å². The minimum Gasteiger partial charge on any atom is -0.385 e.